The summed E-state index contributed by atoms with van der Waals surface area (Å²) in [4.78, 5) is 0. The van der Waals surface area contributed by atoms with Crippen LogP contribution in [0.4, 0.5) is 0 Å². The minimum Gasteiger partial charge on any atom is -0.103 e. The standard InChI is InChI=1S/C14H26/c1-5-9-13(4)11-8-12-14(7-3)10-6-2/h5,14H,1,4,6-12H2,2-3H3. The minimum atomic E-state index is 0.941. The highest BCUT2D eigenvalue weighted by molar-refractivity contribution is 4.99. The van der Waals surface area contributed by atoms with Crippen molar-refractivity contribution in [3.63, 3.8) is 0 Å². The summed E-state index contributed by atoms with van der Waals surface area (Å²) >= 11 is 0. The maximum absolute atomic E-state index is 4.04. The van der Waals surface area contributed by atoms with E-state index in [4.69, 9.17) is 0 Å². The van der Waals surface area contributed by atoms with Crippen molar-refractivity contribution in [3.8, 4) is 0 Å². The fraction of sp³-hybridized carbons (Fsp3) is 0.714. The van der Waals surface area contributed by atoms with Gasteiger partial charge in [-0.25, -0.2) is 0 Å². The first-order chi connectivity index (χ1) is 6.74. The Labute approximate surface area is 90.1 Å². The minimum absolute atomic E-state index is 0.941. The maximum Gasteiger partial charge on any atom is -0.0144 e. The molecule has 0 aliphatic heterocycles. The van der Waals surface area contributed by atoms with Crippen LogP contribution in [0.25, 0.3) is 0 Å². The summed E-state index contributed by atoms with van der Waals surface area (Å²) in [5.41, 5.74) is 1.34. The van der Waals surface area contributed by atoms with Gasteiger partial charge in [0.1, 0.15) is 0 Å². The summed E-state index contributed by atoms with van der Waals surface area (Å²) in [5, 5.41) is 0. The lowest BCUT2D eigenvalue weighted by molar-refractivity contribution is 0.419. The Morgan fingerprint density at radius 3 is 2.50 bits per heavy atom. The van der Waals surface area contributed by atoms with Crippen LogP contribution >= 0.6 is 0 Å². The highest BCUT2D eigenvalue weighted by Crippen LogP contribution is 2.20. The van der Waals surface area contributed by atoms with Gasteiger partial charge in [0.05, 0.1) is 0 Å². The quantitative estimate of drug-likeness (QED) is 0.447. The normalized spacial score (nSPS) is 12.4. The van der Waals surface area contributed by atoms with Gasteiger partial charge in [0, 0.05) is 0 Å². The lowest BCUT2D eigenvalue weighted by atomic mass is 9.93. The van der Waals surface area contributed by atoms with E-state index in [1.165, 1.54) is 44.1 Å². The summed E-state index contributed by atoms with van der Waals surface area (Å²) < 4.78 is 0. The van der Waals surface area contributed by atoms with Gasteiger partial charge in [-0.05, 0) is 25.2 Å². The fourth-order valence-corrected chi connectivity index (χ4v) is 1.91. The molecule has 0 aromatic heterocycles. The second kappa shape index (κ2) is 9.05. The number of allylic oxidation sites excluding steroid dienone is 2. The Kier molecular flexibility index (Phi) is 8.72. The van der Waals surface area contributed by atoms with E-state index in [2.05, 4.69) is 27.0 Å². The van der Waals surface area contributed by atoms with Crippen LogP contribution in [0.2, 0.25) is 0 Å². The molecule has 0 bridgehead atoms. The van der Waals surface area contributed by atoms with Crippen LogP contribution in [0.15, 0.2) is 24.8 Å². The van der Waals surface area contributed by atoms with Gasteiger partial charge in [-0.2, -0.15) is 0 Å². The summed E-state index contributed by atoms with van der Waals surface area (Å²) in [6.45, 7) is 12.4. The Balaban J connectivity index is 3.49. The van der Waals surface area contributed by atoms with Crippen molar-refractivity contribution in [1.82, 2.24) is 0 Å². The van der Waals surface area contributed by atoms with E-state index in [0.717, 1.165) is 12.3 Å². The van der Waals surface area contributed by atoms with Gasteiger partial charge in [-0.3, -0.25) is 0 Å². The molecular formula is C14H26. The van der Waals surface area contributed by atoms with E-state index in [1.807, 2.05) is 6.08 Å². The third-order valence-electron chi connectivity index (χ3n) is 2.85. The number of hydrogen-bond acceptors (Lipinski definition) is 0. The average Bonchev–Trinajstić information content (AvgIpc) is 2.17. The molecule has 0 aromatic rings. The van der Waals surface area contributed by atoms with E-state index in [0.29, 0.717) is 0 Å². The summed E-state index contributed by atoms with van der Waals surface area (Å²) in [6, 6.07) is 0. The zero-order chi connectivity index (χ0) is 10.8. The average molecular weight is 194 g/mol. The third kappa shape index (κ3) is 6.94. The number of hydrogen-bond donors (Lipinski definition) is 0. The Morgan fingerprint density at radius 1 is 1.29 bits per heavy atom. The molecule has 0 radical (unpaired) electrons. The van der Waals surface area contributed by atoms with Crippen LogP contribution < -0.4 is 0 Å². The first-order valence-electron chi connectivity index (χ1n) is 6.02. The van der Waals surface area contributed by atoms with Crippen molar-refractivity contribution in [2.24, 2.45) is 5.92 Å². The predicted octanol–water partition coefficient (Wildman–Crippen LogP) is 5.12. The van der Waals surface area contributed by atoms with Crippen LogP contribution in [0.3, 0.4) is 0 Å². The van der Waals surface area contributed by atoms with Crippen molar-refractivity contribution in [1.29, 1.82) is 0 Å². The van der Waals surface area contributed by atoms with Gasteiger partial charge in [0.25, 0.3) is 0 Å². The smallest absolute Gasteiger partial charge is 0.0144 e. The van der Waals surface area contributed by atoms with Crippen molar-refractivity contribution in [2.75, 3.05) is 0 Å². The molecule has 0 amide bonds. The number of rotatable bonds is 9. The van der Waals surface area contributed by atoms with Gasteiger partial charge in [-0.1, -0.05) is 57.8 Å². The molecule has 14 heavy (non-hydrogen) atoms. The molecule has 0 aliphatic carbocycles. The molecule has 0 N–H and O–H groups in total. The molecule has 1 atom stereocenters. The SMILES string of the molecule is C=CCC(=C)CCCC(CC)CCC. The first kappa shape index (κ1) is 13.5. The second-order valence-electron chi connectivity index (χ2n) is 4.20. The van der Waals surface area contributed by atoms with Crippen LogP contribution in [-0.2, 0) is 0 Å². The van der Waals surface area contributed by atoms with E-state index >= 15 is 0 Å². The Bertz CT molecular complexity index is 155. The molecule has 0 heteroatoms. The van der Waals surface area contributed by atoms with E-state index in [9.17, 15) is 0 Å². The van der Waals surface area contributed by atoms with Crippen LogP contribution in [0, 0.1) is 5.92 Å². The molecule has 82 valence electrons. The van der Waals surface area contributed by atoms with Crippen LogP contribution in [0.1, 0.15) is 58.8 Å². The molecule has 0 aliphatic rings. The fourth-order valence-electron chi connectivity index (χ4n) is 1.91. The van der Waals surface area contributed by atoms with Gasteiger partial charge in [0.15, 0.2) is 0 Å². The third-order valence-corrected chi connectivity index (χ3v) is 2.85. The van der Waals surface area contributed by atoms with Gasteiger partial charge in [-0.15, -0.1) is 6.58 Å². The largest absolute Gasteiger partial charge is 0.103 e. The monoisotopic (exact) mass is 194 g/mol. The van der Waals surface area contributed by atoms with E-state index in [-0.39, 0.29) is 0 Å². The predicted molar refractivity (Wildman–Crippen MR) is 66.5 cm³/mol. The van der Waals surface area contributed by atoms with Crippen molar-refractivity contribution < 1.29 is 0 Å². The van der Waals surface area contributed by atoms with Gasteiger partial charge < -0.3 is 0 Å². The molecule has 0 fully saturated rings. The summed E-state index contributed by atoms with van der Waals surface area (Å²) in [6.07, 6.45) is 10.9. The van der Waals surface area contributed by atoms with E-state index in [1.54, 1.807) is 0 Å². The molecule has 0 spiro atoms. The summed E-state index contributed by atoms with van der Waals surface area (Å²) in [7, 11) is 0. The second-order valence-corrected chi connectivity index (χ2v) is 4.20. The maximum atomic E-state index is 4.04. The van der Waals surface area contributed by atoms with Crippen molar-refractivity contribution >= 4 is 0 Å². The van der Waals surface area contributed by atoms with Crippen molar-refractivity contribution in [3.05, 3.63) is 24.8 Å². The van der Waals surface area contributed by atoms with Crippen molar-refractivity contribution in [2.45, 2.75) is 58.8 Å². The molecule has 0 saturated carbocycles. The highest BCUT2D eigenvalue weighted by Gasteiger charge is 2.04. The molecule has 0 heterocycles. The van der Waals surface area contributed by atoms with Gasteiger partial charge in [0.2, 0.25) is 0 Å². The molecule has 1 unspecified atom stereocenters. The lowest BCUT2D eigenvalue weighted by Crippen LogP contribution is -1.98. The molecule has 0 nitrogen and oxygen atoms in total. The Morgan fingerprint density at radius 2 is 2.00 bits per heavy atom. The molecule has 0 aromatic carbocycles. The zero-order valence-electron chi connectivity index (χ0n) is 10.0. The molecular weight excluding hydrogens is 168 g/mol. The van der Waals surface area contributed by atoms with Crippen LogP contribution in [-0.4, -0.2) is 0 Å². The highest BCUT2D eigenvalue weighted by atomic mass is 14.1. The van der Waals surface area contributed by atoms with E-state index < -0.39 is 0 Å². The topological polar surface area (TPSA) is 0 Å². The molecule has 0 rings (SSSR count). The molecule has 0 saturated heterocycles. The zero-order valence-corrected chi connectivity index (χ0v) is 10.0. The van der Waals surface area contributed by atoms with Gasteiger partial charge >= 0.3 is 0 Å². The first-order valence-corrected chi connectivity index (χ1v) is 6.02. The lowest BCUT2D eigenvalue weighted by Gasteiger charge is -2.13. The summed E-state index contributed by atoms with van der Waals surface area (Å²) in [5.74, 6) is 0.941. The van der Waals surface area contributed by atoms with Crippen LogP contribution in [0.5, 0.6) is 0 Å². The Hall–Kier alpha value is -0.520.